The number of carbonyl (C=O) groups is 2. The van der Waals surface area contributed by atoms with Crippen molar-refractivity contribution in [3.8, 4) is 0 Å². The van der Waals surface area contributed by atoms with Gasteiger partial charge in [-0.15, -0.1) is 0 Å². The topological polar surface area (TPSA) is 65.2 Å². The van der Waals surface area contributed by atoms with Crippen LogP contribution in [0.15, 0.2) is 30.5 Å². The Kier molecular flexibility index (Phi) is 5.52. The highest BCUT2D eigenvalue weighted by atomic mass is 19.1. The summed E-state index contributed by atoms with van der Waals surface area (Å²) in [5, 5.41) is 3.00. The SMILES string of the molecule is CCc1cccc(F)c1C(=O)c1c[nH]c(C(=O)NC2CCN(C)CC2)c1. The second kappa shape index (κ2) is 7.83. The molecule has 2 N–H and O–H groups in total. The van der Waals surface area contributed by atoms with E-state index in [4.69, 9.17) is 0 Å². The largest absolute Gasteiger partial charge is 0.356 e. The average Bonchev–Trinajstić information content (AvgIpc) is 3.13. The van der Waals surface area contributed by atoms with Crippen LogP contribution in [0, 0.1) is 5.82 Å². The minimum Gasteiger partial charge on any atom is -0.356 e. The first-order valence-corrected chi connectivity index (χ1v) is 8.99. The Labute approximate surface area is 152 Å². The number of hydrogen-bond acceptors (Lipinski definition) is 3. The van der Waals surface area contributed by atoms with Gasteiger partial charge in [0.25, 0.3) is 5.91 Å². The Morgan fingerprint density at radius 2 is 2.04 bits per heavy atom. The number of benzene rings is 1. The quantitative estimate of drug-likeness (QED) is 0.809. The highest BCUT2D eigenvalue weighted by molar-refractivity contribution is 6.11. The molecule has 5 nitrogen and oxygen atoms in total. The van der Waals surface area contributed by atoms with Crippen molar-refractivity contribution in [3.05, 3.63) is 58.7 Å². The van der Waals surface area contributed by atoms with Crippen molar-refractivity contribution in [1.82, 2.24) is 15.2 Å². The summed E-state index contributed by atoms with van der Waals surface area (Å²) in [5.74, 6) is -1.18. The maximum absolute atomic E-state index is 14.2. The van der Waals surface area contributed by atoms with Crippen LogP contribution in [0.3, 0.4) is 0 Å². The number of piperidine rings is 1. The van der Waals surface area contributed by atoms with Gasteiger partial charge >= 0.3 is 0 Å². The molecule has 1 aliphatic heterocycles. The summed E-state index contributed by atoms with van der Waals surface area (Å²) in [5.41, 5.74) is 1.35. The van der Waals surface area contributed by atoms with Gasteiger partial charge in [0.05, 0.1) is 5.56 Å². The van der Waals surface area contributed by atoms with Crippen molar-refractivity contribution in [3.63, 3.8) is 0 Å². The first-order valence-electron chi connectivity index (χ1n) is 8.99. The predicted molar refractivity (Wildman–Crippen MR) is 98.0 cm³/mol. The minimum atomic E-state index is -0.534. The molecule has 138 valence electrons. The Morgan fingerprint density at radius 3 is 2.73 bits per heavy atom. The number of hydrogen-bond donors (Lipinski definition) is 2. The van der Waals surface area contributed by atoms with Crippen LogP contribution in [0.5, 0.6) is 0 Å². The fourth-order valence-electron chi connectivity index (χ4n) is 3.33. The molecule has 0 aliphatic carbocycles. The van der Waals surface area contributed by atoms with Crippen LogP contribution < -0.4 is 5.32 Å². The summed E-state index contributed by atoms with van der Waals surface area (Å²) in [6.07, 6.45) is 3.85. The van der Waals surface area contributed by atoms with E-state index in [1.54, 1.807) is 12.1 Å². The lowest BCUT2D eigenvalue weighted by molar-refractivity contribution is 0.0912. The zero-order chi connectivity index (χ0) is 18.7. The van der Waals surface area contributed by atoms with Crippen LogP contribution >= 0.6 is 0 Å². The van der Waals surface area contributed by atoms with E-state index in [2.05, 4.69) is 22.2 Å². The molecule has 1 aromatic heterocycles. The number of carbonyl (C=O) groups excluding carboxylic acids is 2. The number of rotatable bonds is 5. The number of aromatic amines is 1. The van der Waals surface area contributed by atoms with Gasteiger partial charge in [0.1, 0.15) is 11.5 Å². The van der Waals surface area contributed by atoms with Crippen LogP contribution in [-0.4, -0.2) is 47.8 Å². The molecule has 1 saturated heterocycles. The number of H-pyrrole nitrogens is 1. The van der Waals surface area contributed by atoms with Crippen molar-refractivity contribution in [2.45, 2.75) is 32.2 Å². The molecule has 26 heavy (non-hydrogen) atoms. The van der Waals surface area contributed by atoms with Gasteiger partial charge in [-0.25, -0.2) is 4.39 Å². The molecule has 3 rings (SSSR count). The number of aromatic nitrogens is 1. The number of likely N-dealkylation sites (tertiary alicyclic amines) is 1. The van der Waals surface area contributed by atoms with E-state index < -0.39 is 11.6 Å². The van der Waals surface area contributed by atoms with E-state index in [-0.39, 0.29) is 17.5 Å². The van der Waals surface area contributed by atoms with Gasteiger partial charge < -0.3 is 15.2 Å². The van der Waals surface area contributed by atoms with E-state index in [0.717, 1.165) is 25.9 Å². The summed E-state index contributed by atoms with van der Waals surface area (Å²) < 4.78 is 14.2. The molecule has 0 radical (unpaired) electrons. The second-order valence-electron chi connectivity index (χ2n) is 6.81. The van der Waals surface area contributed by atoms with E-state index in [9.17, 15) is 14.0 Å². The van der Waals surface area contributed by atoms with E-state index in [1.165, 1.54) is 18.3 Å². The zero-order valence-electron chi connectivity index (χ0n) is 15.1. The number of nitrogens with one attached hydrogen (secondary N) is 2. The first kappa shape index (κ1) is 18.3. The fourth-order valence-corrected chi connectivity index (χ4v) is 3.33. The third-order valence-corrected chi connectivity index (χ3v) is 4.95. The minimum absolute atomic E-state index is 0.0799. The average molecular weight is 357 g/mol. The molecule has 1 amide bonds. The highest BCUT2D eigenvalue weighted by Crippen LogP contribution is 2.20. The van der Waals surface area contributed by atoms with Gasteiger partial charge in [0.15, 0.2) is 5.78 Å². The molecule has 6 heteroatoms. The maximum Gasteiger partial charge on any atom is 0.267 e. The fraction of sp³-hybridized carbons (Fsp3) is 0.400. The zero-order valence-corrected chi connectivity index (χ0v) is 15.1. The Morgan fingerprint density at radius 1 is 1.31 bits per heavy atom. The lowest BCUT2D eigenvalue weighted by Gasteiger charge is -2.29. The first-order chi connectivity index (χ1) is 12.5. The van der Waals surface area contributed by atoms with Crippen LogP contribution in [0.25, 0.3) is 0 Å². The summed E-state index contributed by atoms with van der Waals surface area (Å²) in [6.45, 7) is 3.78. The van der Waals surface area contributed by atoms with Gasteiger partial charge in [0, 0.05) is 17.8 Å². The summed E-state index contributed by atoms with van der Waals surface area (Å²) in [4.78, 5) is 30.2. The molecule has 1 fully saturated rings. The third-order valence-electron chi connectivity index (χ3n) is 4.95. The molecule has 1 aliphatic rings. The normalized spacial score (nSPS) is 15.8. The van der Waals surface area contributed by atoms with E-state index in [0.29, 0.717) is 23.2 Å². The summed E-state index contributed by atoms with van der Waals surface area (Å²) >= 11 is 0. The monoisotopic (exact) mass is 357 g/mol. The van der Waals surface area contributed by atoms with Crippen molar-refractivity contribution >= 4 is 11.7 Å². The summed E-state index contributed by atoms with van der Waals surface area (Å²) in [6, 6.07) is 6.27. The molecule has 1 aromatic carbocycles. The molecule has 0 saturated carbocycles. The van der Waals surface area contributed by atoms with Crippen molar-refractivity contribution in [2.24, 2.45) is 0 Å². The van der Waals surface area contributed by atoms with Crippen LogP contribution in [0.1, 0.15) is 51.7 Å². The molecule has 0 spiro atoms. The highest BCUT2D eigenvalue weighted by Gasteiger charge is 2.22. The Hall–Kier alpha value is -2.47. The van der Waals surface area contributed by atoms with Gasteiger partial charge in [0.2, 0.25) is 0 Å². The third kappa shape index (κ3) is 3.85. The molecule has 0 atom stereocenters. The standard InChI is InChI=1S/C20H24FN3O2/c1-3-13-5-4-6-16(21)18(13)19(25)14-11-17(22-12-14)20(26)23-15-7-9-24(2)10-8-15/h4-6,11-12,15,22H,3,7-10H2,1-2H3,(H,23,26). The van der Waals surface area contributed by atoms with Crippen molar-refractivity contribution in [1.29, 1.82) is 0 Å². The predicted octanol–water partition coefficient (Wildman–Crippen LogP) is 2.77. The smallest absolute Gasteiger partial charge is 0.267 e. The lowest BCUT2D eigenvalue weighted by Crippen LogP contribution is -2.43. The molecule has 2 aromatic rings. The van der Waals surface area contributed by atoms with Crippen molar-refractivity contribution < 1.29 is 14.0 Å². The van der Waals surface area contributed by atoms with Crippen LogP contribution in [0.4, 0.5) is 4.39 Å². The molecular formula is C20H24FN3O2. The molecule has 2 heterocycles. The molecule has 0 unspecified atom stereocenters. The van der Waals surface area contributed by atoms with Crippen LogP contribution in [0.2, 0.25) is 0 Å². The van der Waals surface area contributed by atoms with Gasteiger partial charge in [-0.05, 0) is 57.1 Å². The number of nitrogens with zero attached hydrogens (tertiary/aromatic N) is 1. The molecular weight excluding hydrogens is 333 g/mol. The second-order valence-corrected chi connectivity index (χ2v) is 6.81. The van der Waals surface area contributed by atoms with Gasteiger partial charge in [-0.1, -0.05) is 19.1 Å². The summed E-state index contributed by atoms with van der Waals surface area (Å²) in [7, 11) is 2.06. The Bertz CT molecular complexity index is 807. The van der Waals surface area contributed by atoms with Crippen molar-refractivity contribution in [2.75, 3.05) is 20.1 Å². The Balaban J connectivity index is 1.73. The van der Waals surface area contributed by atoms with Gasteiger partial charge in [-0.3, -0.25) is 9.59 Å². The number of halogens is 1. The lowest BCUT2D eigenvalue weighted by atomic mass is 9.97. The van der Waals surface area contributed by atoms with Gasteiger partial charge in [-0.2, -0.15) is 0 Å². The maximum atomic E-state index is 14.2. The van der Waals surface area contributed by atoms with E-state index >= 15 is 0 Å². The number of ketones is 1. The molecule has 0 bridgehead atoms. The number of aryl methyl sites for hydroxylation is 1. The number of amides is 1. The van der Waals surface area contributed by atoms with Crippen LogP contribution in [-0.2, 0) is 6.42 Å². The van der Waals surface area contributed by atoms with E-state index in [1.807, 2.05) is 6.92 Å².